The van der Waals surface area contributed by atoms with Crippen molar-refractivity contribution in [1.82, 2.24) is 4.31 Å². The van der Waals surface area contributed by atoms with Gasteiger partial charge in [0.1, 0.15) is 4.21 Å². The van der Waals surface area contributed by atoms with Crippen molar-refractivity contribution in [1.29, 1.82) is 0 Å². The van der Waals surface area contributed by atoms with Crippen molar-refractivity contribution in [3.8, 4) is 0 Å². The van der Waals surface area contributed by atoms with Crippen molar-refractivity contribution in [3.05, 3.63) is 46.3 Å². The first kappa shape index (κ1) is 13.6. The summed E-state index contributed by atoms with van der Waals surface area (Å²) in [6.07, 6.45) is 0.672. The molecule has 0 atom stereocenters. The van der Waals surface area contributed by atoms with Gasteiger partial charge < -0.3 is 5.73 Å². The number of anilines is 1. The highest BCUT2D eigenvalue weighted by Gasteiger charge is 2.29. The molecule has 0 saturated carbocycles. The molecule has 0 bridgehead atoms. The Bertz CT molecular complexity index is 750. The van der Waals surface area contributed by atoms with E-state index in [1.807, 2.05) is 31.2 Å². The van der Waals surface area contributed by atoms with Crippen LogP contribution in [0, 0.1) is 6.92 Å². The van der Waals surface area contributed by atoms with E-state index in [1.54, 1.807) is 10.4 Å². The molecule has 2 aromatic rings. The van der Waals surface area contributed by atoms with E-state index in [0.29, 0.717) is 23.7 Å². The molecule has 20 heavy (non-hydrogen) atoms. The largest absolute Gasteiger partial charge is 0.398 e. The minimum Gasteiger partial charge on any atom is -0.398 e. The summed E-state index contributed by atoms with van der Waals surface area (Å²) in [5, 5.41) is 0. The Balaban J connectivity index is 1.94. The molecule has 0 aliphatic carbocycles. The first-order chi connectivity index (χ1) is 9.48. The summed E-state index contributed by atoms with van der Waals surface area (Å²) in [4.78, 5) is 1.00. The Hall–Kier alpha value is -1.37. The van der Waals surface area contributed by atoms with Crippen LogP contribution in [-0.2, 0) is 23.0 Å². The molecule has 0 spiro atoms. The standard InChI is InChI=1S/C14H16N2O2S2/c1-10-5-6-14(19-10)20(17,18)16-8-7-12-11(9-16)3-2-4-13(12)15/h2-6H,7-9,15H2,1H3. The van der Waals surface area contributed by atoms with E-state index in [1.165, 1.54) is 11.3 Å². The van der Waals surface area contributed by atoms with Gasteiger partial charge in [0, 0.05) is 23.7 Å². The fourth-order valence-corrected chi connectivity index (χ4v) is 5.35. The third-order valence-electron chi connectivity index (χ3n) is 3.58. The second-order valence-electron chi connectivity index (χ2n) is 4.94. The molecule has 2 heterocycles. The van der Waals surface area contributed by atoms with Crippen LogP contribution in [0.3, 0.4) is 0 Å². The van der Waals surface area contributed by atoms with E-state index < -0.39 is 10.0 Å². The highest BCUT2D eigenvalue weighted by molar-refractivity contribution is 7.91. The lowest BCUT2D eigenvalue weighted by Gasteiger charge is -2.28. The molecular weight excluding hydrogens is 292 g/mol. The summed E-state index contributed by atoms with van der Waals surface area (Å²) in [5.74, 6) is 0. The zero-order valence-corrected chi connectivity index (χ0v) is 12.8. The zero-order valence-electron chi connectivity index (χ0n) is 11.2. The third kappa shape index (κ3) is 2.24. The maximum Gasteiger partial charge on any atom is 0.252 e. The molecule has 0 fully saturated rings. The number of sulfonamides is 1. The number of aryl methyl sites for hydroxylation is 1. The first-order valence-corrected chi connectivity index (χ1v) is 8.67. The summed E-state index contributed by atoms with van der Waals surface area (Å²) >= 11 is 1.32. The van der Waals surface area contributed by atoms with Gasteiger partial charge in [-0.3, -0.25) is 0 Å². The van der Waals surface area contributed by atoms with Crippen molar-refractivity contribution in [3.63, 3.8) is 0 Å². The predicted octanol–water partition coefficient (Wildman–Crippen LogP) is 2.39. The van der Waals surface area contributed by atoms with Crippen LogP contribution in [0.25, 0.3) is 0 Å². The van der Waals surface area contributed by atoms with E-state index in [4.69, 9.17) is 5.73 Å². The molecule has 2 N–H and O–H groups in total. The molecular formula is C14H16N2O2S2. The Kier molecular flexibility index (Phi) is 3.32. The summed E-state index contributed by atoms with van der Waals surface area (Å²) in [5.41, 5.74) is 8.79. The number of nitrogens with zero attached hydrogens (tertiary/aromatic N) is 1. The van der Waals surface area contributed by atoms with Crippen LogP contribution < -0.4 is 5.73 Å². The molecule has 1 aliphatic heterocycles. The van der Waals surface area contributed by atoms with E-state index in [0.717, 1.165) is 21.7 Å². The summed E-state index contributed by atoms with van der Waals surface area (Å²) in [6, 6.07) is 9.22. The van der Waals surface area contributed by atoms with Crippen molar-refractivity contribution in [2.24, 2.45) is 0 Å². The Morgan fingerprint density at radius 2 is 2.05 bits per heavy atom. The Morgan fingerprint density at radius 3 is 2.75 bits per heavy atom. The number of rotatable bonds is 2. The Labute approximate surface area is 122 Å². The molecule has 0 amide bonds. The molecule has 1 aliphatic rings. The number of benzene rings is 1. The minimum atomic E-state index is -3.39. The van der Waals surface area contributed by atoms with Gasteiger partial charge >= 0.3 is 0 Å². The number of hydrogen-bond acceptors (Lipinski definition) is 4. The number of thiophene rings is 1. The van der Waals surface area contributed by atoms with Gasteiger partial charge in [0.2, 0.25) is 0 Å². The molecule has 1 aromatic carbocycles. The number of nitrogen functional groups attached to an aromatic ring is 1. The van der Waals surface area contributed by atoms with Crippen LogP contribution >= 0.6 is 11.3 Å². The SMILES string of the molecule is Cc1ccc(S(=O)(=O)N2CCc3c(N)cccc3C2)s1. The van der Waals surface area contributed by atoms with Crippen molar-refractivity contribution in [2.45, 2.75) is 24.1 Å². The molecule has 1 aromatic heterocycles. The maximum absolute atomic E-state index is 12.6. The van der Waals surface area contributed by atoms with E-state index >= 15 is 0 Å². The summed E-state index contributed by atoms with van der Waals surface area (Å²) in [7, 11) is -3.39. The van der Waals surface area contributed by atoms with Crippen LogP contribution in [-0.4, -0.2) is 19.3 Å². The average Bonchev–Trinajstić information content (AvgIpc) is 2.86. The normalized spacial score (nSPS) is 16.1. The quantitative estimate of drug-likeness (QED) is 0.866. The smallest absolute Gasteiger partial charge is 0.252 e. The van der Waals surface area contributed by atoms with Crippen LogP contribution in [0.1, 0.15) is 16.0 Å². The lowest BCUT2D eigenvalue weighted by atomic mass is 9.99. The minimum absolute atomic E-state index is 0.402. The van der Waals surface area contributed by atoms with Crippen molar-refractivity contribution < 1.29 is 8.42 Å². The topological polar surface area (TPSA) is 63.4 Å². The van der Waals surface area contributed by atoms with Crippen LogP contribution in [0.2, 0.25) is 0 Å². The monoisotopic (exact) mass is 308 g/mol. The second-order valence-corrected chi connectivity index (χ2v) is 8.39. The molecule has 6 heteroatoms. The number of nitrogens with two attached hydrogens (primary N) is 1. The predicted molar refractivity (Wildman–Crippen MR) is 81.2 cm³/mol. The third-order valence-corrected chi connectivity index (χ3v) is 6.89. The van der Waals surface area contributed by atoms with Gasteiger partial charge in [-0.2, -0.15) is 4.31 Å². The van der Waals surface area contributed by atoms with Crippen molar-refractivity contribution in [2.75, 3.05) is 12.3 Å². The van der Waals surface area contributed by atoms with Gasteiger partial charge in [-0.25, -0.2) is 8.42 Å². The zero-order chi connectivity index (χ0) is 14.3. The highest BCUT2D eigenvalue weighted by Crippen LogP contribution is 2.30. The van der Waals surface area contributed by atoms with Gasteiger partial charge in [-0.1, -0.05) is 12.1 Å². The van der Waals surface area contributed by atoms with E-state index in [9.17, 15) is 8.42 Å². The number of hydrogen-bond donors (Lipinski definition) is 1. The fourth-order valence-electron chi connectivity index (χ4n) is 2.50. The summed E-state index contributed by atoms with van der Waals surface area (Å²) < 4.78 is 27.2. The summed E-state index contributed by atoms with van der Waals surface area (Å²) in [6.45, 7) is 2.80. The molecule has 3 rings (SSSR count). The Morgan fingerprint density at radius 1 is 1.25 bits per heavy atom. The maximum atomic E-state index is 12.6. The van der Waals surface area contributed by atoms with Crippen LogP contribution in [0.4, 0.5) is 5.69 Å². The molecule has 0 radical (unpaired) electrons. The van der Waals surface area contributed by atoms with Gasteiger partial charge in [-0.15, -0.1) is 11.3 Å². The molecule has 106 valence electrons. The van der Waals surface area contributed by atoms with Gasteiger partial charge in [-0.05, 0) is 42.7 Å². The van der Waals surface area contributed by atoms with Crippen LogP contribution in [0.15, 0.2) is 34.5 Å². The van der Waals surface area contributed by atoms with Gasteiger partial charge in [0.05, 0.1) is 0 Å². The van der Waals surface area contributed by atoms with Crippen LogP contribution in [0.5, 0.6) is 0 Å². The van der Waals surface area contributed by atoms with E-state index in [-0.39, 0.29) is 0 Å². The molecule has 4 nitrogen and oxygen atoms in total. The van der Waals surface area contributed by atoms with Crippen molar-refractivity contribution >= 4 is 27.0 Å². The number of fused-ring (bicyclic) bond motifs is 1. The molecule has 0 saturated heterocycles. The second kappa shape index (κ2) is 4.87. The van der Waals surface area contributed by atoms with Gasteiger partial charge in [0.25, 0.3) is 10.0 Å². The molecule has 0 unspecified atom stereocenters. The highest BCUT2D eigenvalue weighted by atomic mass is 32.2. The first-order valence-electron chi connectivity index (χ1n) is 6.41. The fraction of sp³-hybridized carbons (Fsp3) is 0.286. The van der Waals surface area contributed by atoms with Gasteiger partial charge in [0.15, 0.2) is 0 Å². The lowest BCUT2D eigenvalue weighted by molar-refractivity contribution is 0.393. The average molecular weight is 308 g/mol. The van der Waals surface area contributed by atoms with E-state index in [2.05, 4.69) is 0 Å². The lowest BCUT2D eigenvalue weighted by Crippen LogP contribution is -2.35.